The molecule has 8 nitrogen and oxygen atoms in total. The molecule has 0 saturated heterocycles. The first-order valence-corrected chi connectivity index (χ1v) is 13.8. The molecule has 2 N–H and O–H groups in total. The van der Waals surface area contributed by atoms with E-state index >= 15 is 0 Å². The largest absolute Gasteiger partial charge is 0.462 e. The van der Waals surface area contributed by atoms with Crippen LogP contribution in [-0.4, -0.2) is 48.7 Å². The number of nitrogens with zero attached hydrogens (tertiary/aromatic N) is 3. The van der Waals surface area contributed by atoms with E-state index in [-0.39, 0.29) is 5.97 Å². The molecule has 2 aromatic heterocycles. The van der Waals surface area contributed by atoms with Crippen molar-refractivity contribution < 1.29 is 13.9 Å². The molecule has 2 aromatic carbocycles. The zero-order chi connectivity index (χ0) is 27.4. The van der Waals surface area contributed by atoms with Gasteiger partial charge in [0.05, 0.1) is 18.7 Å². The minimum Gasteiger partial charge on any atom is -0.462 e. The van der Waals surface area contributed by atoms with Crippen molar-refractivity contribution in [3.8, 4) is 11.3 Å². The molecule has 4 aromatic rings. The Labute approximate surface area is 233 Å². The zero-order valence-corrected chi connectivity index (χ0v) is 23.3. The van der Waals surface area contributed by atoms with Crippen LogP contribution in [0.25, 0.3) is 22.2 Å². The highest BCUT2D eigenvalue weighted by molar-refractivity contribution is 6.30. The van der Waals surface area contributed by atoms with Crippen LogP contribution in [0.2, 0.25) is 5.02 Å². The quantitative estimate of drug-likeness (QED) is 0.236. The Balaban J connectivity index is 1.21. The fourth-order valence-electron chi connectivity index (χ4n) is 5.02. The molecular formula is C30H34ClN5O3. The van der Waals surface area contributed by atoms with E-state index < -0.39 is 0 Å². The van der Waals surface area contributed by atoms with Gasteiger partial charge in [0.25, 0.3) is 0 Å². The molecule has 0 radical (unpaired) electrons. The number of anilines is 2. The second-order valence-corrected chi connectivity index (χ2v) is 10.5. The summed E-state index contributed by atoms with van der Waals surface area (Å²) in [5.74, 6) is 2.40. The number of benzene rings is 2. The van der Waals surface area contributed by atoms with Crippen molar-refractivity contribution in [2.45, 2.75) is 51.2 Å². The Hall–Kier alpha value is -3.62. The maximum atomic E-state index is 12.6. The summed E-state index contributed by atoms with van der Waals surface area (Å²) in [7, 11) is 4.00. The average Bonchev–Trinajstić information content (AvgIpc) is 3.37. The van der Waals surface area contributed by atoms with Crippen molar-refractivity contribution in [1.29, 1.82) is 0 Å². The van der Waals surface area contributed by atoms with Crippen LogP contribution in [-0.2, 0) is 11.3 Å². The van der Waals surface area contributed by atoms with E-state index in [2.05, 4.69) is 16.7 Å². The average molecular weight is 548 g/mol. The number of hydrogen-bond acceptors (Lipinski definition) is 8. The molecule has 2 heterocycles. The van der Waals surface area contributed by atoms with Gasteiger partial charge in [-0.15, -0.1) is 0 Å². The van der Waals surface area contributed by atoms with E-state index in [1.54, 1.807) is 25.1 Å². The predicted molar refractivity (Wildman–Crippen MR) is 155 cm³/mol. The maximum Gasteiger partial charge on any atom is 0.341 e. The van der Waals surface area contributed by atoms with Crippen molar-refractivity contribution in [2.75, 3.05) is 30.9 Å². The van der Waals surface area contributed by atoms with E-state index in [0.29, 0.717) is 53.3 Å². The summed E-state index contributed by atoms with van der Waals surface area (Å²) in [5.41, 5.74) is 2.24. The number of halogens is 1. The molecule has 0 unspecified atom stereocenters. The van der Waals surface area contributed by atoms with E-state index in [9.17, 15) is 4.79 Å². The van der Waals surface area contributed by atoms with Crippen molar-refractivity contribution in [3.63, 3.8) is 0 Å². The summed E-state index contributed by atoms with van der Waals surface area (Å²) in [6.07, 6.45) is 3.96. The van der Waals surface area contributed by atoms with Gasteiger partial charge < -0.3 is 24.7 Å². The highest BCUT2D eigenvalue weighted by Gasteiger charge is 2.25. The lowest BCUT2D eigenvalue weighted by molar-refractivity contribution is 0.0523. The number of nitrogens with one attached hydrogen (secondary N) is 2. The topological polar surface area (TPSA) is 92.5 Å². The minimum atomic E-state index is -0.376. The number of para-hydroxylation sites is 1. The van der Waals surface area contributed by atoms with E-state index in [1.165, 1.54) is 0 Å². The normalized spacial score (nSPS) is 17.2. The number of fused-ring (bicyclic) bond motifs is 1. The highest BCUT2D eigenvalue weighted by atomic mass is 35.5. The number of hydrogen-bond donors (Lipinski definition) is 2. The standard InChI is InChI=1S/C30H34ClN5O3/c1-4-38-29(37)24-17-26(19-9-11-20(31)12-10-19)39-27(24)18-32-21-13-15-22(16-14-21)33-30-34-25-8-6-5-7-23(25)28(35-30)36(2)3/h5-12,17,21-22,32H,4,13-16,18H2,1-3H3,(H,33,34,35). The molecule has 0 spiro atoms. The molecular weight excluding hydrogens is 514 g/mol. The highest BCUT2D eigenvalue weighted by Crippen LogP contribution is 2.29. The first kappa shape index (κ1) is 27.0. The fourth-order valence-corrected chi connectivity index (χ4v) is 5.15. The van der Waals surface area contributed by atoms with Crippen LogP contribution >= 0.6 is 11.6 Å². The van der Waals surface area contributed by atoms with Gasteiger partial charge in [0.1, 0.15) is 22.9 Å². The molecule has 204 valence electrons. The lowest BCUT2D eigenvalue weighted by Gasteiger charge is -2.30. The van der Waals surface area contributed by atoms with Crippen LogP contribution in [0.4, 0.5) is 11.8 Å². The van der Waals surface area contributed by atoms with Gasteiger partial charge in [-0.25, -0.2) is 9.78 Å². The molecule has 1 aliphatic rings. The summed E-state index contributed by atoms with van der Waals surface area (Å²) in [4.78, 5) is 24.2. The second-order valence-electron chi connectivity index (χ2n) is 10.0. The Morgan fingerprint density at radius 2 is 1.77 bits per heavy atom. The third-order valence-corrected chi connectivity index (χ3v) is 7.30. The second kappa shape index (κ2) is 12.1. The summed E-state index contributed by atoms with van der Waals surface area (Å²) >= 11 is 6.03. The molecule has 9 heteroatoms. The van der Waals surface area contributed by atoms with Crippen molar-refractivity contribution in [3.05, 3.63) is 70.9 Å². The number of carbonyl (C=O) groups excluding carboxylic acids is 1. The summed E-state index contributed by atoms with van der Waals surface area (Å²) in [6.45, 7) is 2.55. The number of carbonyl (C=O) groups is 1. The summed E-state index contributed by atoms with van der Waals surface area (Å²) in [5, 5.41) is 8.84. The number of aromatic nitrogens is 2. The summed E-state index contributed by atoms with van der Waals surface area (Å²) in [6, 6.07) is 17.8. The van der Waals surface area contributed by atoms with Gasteiger partial charge in [0.15, 0.2) is 0 Å². The van der Waals surface area contributed by atoms with Gasteiger partial charge in [-0.05, 0) is 75.1 Å². The monoisotopic (exact) mass is 547 g/mol. The van der Waals surface area contributed by atoms with E-state index in [1.807, 2.05) is 49.3 Å². The van der Waals surface area contributed by atoms with Gasteiger partial charge in [0.2, 0.25) is 5.95 Å². The van der Waals surface area contributed by atoms with Gasteiger partial charge in [-0.3, -0.25) is 0 Å². The van der Waals surface area contributed by atoms with Crippen LogP contribution in [0.3, 0.4) is 0 Å². The molecule has 0 bridgehead atoms. The number of ether oxygens (including phenoxy) is 1. The molecule has 0 atom stereocenters. The first-order valence-electron chi connectivity index (χ1n) is 13.4. The summed E-state index contributed by atoms with van der Waals surface area (Å²) < 4.78 is 11.4. The van der Waals surface area contributed by atoms with Crippen molar-refractivity contribution in [2.24, 2.45) is 0 Å². The molecule has 0 aliphatic heterocycles. The maximum absolute atomic E-state index is 12.6. The van der Waals surface area contributed by atoms with Gasteiger partial charge in [-0.1, -0.05) is 23.7 Å². The van der Waals surface area contributed by atoms with Gasteiger partial charge in [0, 0.05) is 42.2 Å². The van der Waals surface area contributed by atoms with Crippen molar-refractivity contribution in [1.82, 2.24) is 15.3 Å². The lowest BCUT2D eigenvalue weighted by Crippen LogP contribution is -2.37. The minimum absolute atomic E-state index is 0.300. The number of furan rings is 1. The number of esters is 1. The molecule has 1 aliphatic carbocycles. The third kappa shape index (κ3) is 6.34. The molecule has 5 rings (SSSR count). The Morgan fingerprint density at radius 1 is 1.05 bits per heavy atom. The van der Waals surface area contributed by atoms with Crippen LogP contribution in [0.5, 0.6) is 0 Å². The van der Waals surface area contributed by atoms with E-state index in [0.717, 1.165) is 48.0 Å². The van der Waals surface area contributed by atoms with E-state index in [4.69, 9.17) is 30.7 Å². The van der Waals surface area contributed by atoms with Gasteiger partial charge in [-0.2, -0.15) is 4.98 Å². The van der Waals surface area contributed by atoms with Crippen LogP contribution in [0.1, 0.15) is 48.7 Å². The Bertz CT molecular complexity index is 1430. The molecule has 1 saturated carbocycles. The van der Waals surface area contributed by atoms with Gasteiger partial charge >= 0.3 is 5.97 Å². The molecule has 0 amide bonds. The predicted octanol–water partition coefficient (Wildman–Crippen LogP) is 6.30. The Morgan fingerprint density at radius 3 is 2.49 bits per heavy atom. The zero-order valence-electron chi connectivity index (χ0n) is 22.5. The Kier molecular flexibility index (Phi) is 8.33. The fraction of sp³-hybridized carbons (Fsp3) is 0.367. The van der Waals surface area contributed by atoms with Crippen LogP contribution < -0.4 is 15.5 Å². The smallest absolute Gasteiger partial charge is 0.341 e. The number of rotatable bonds is 9. The van der Waals surface area contributed by atoms with Crippen LogP contribution in [0.15, 0.2) is 59.0 Å². The van der Waals surface area contributed by atoms with Crippen LogP contribution in [0, 0.1) is 0 Å². The first-order chi connectivity index (χ1) is 18.9. The lowest BCUT2D eigenvalue weighted by atomic mass is 9.91. The SMILES string of the molecule is CCOC(=O)c1cc(-c2ccc(Cl)cc2)oc1CNC1CCC(Nc2nc(N(C)C)c3ccccc3n2)CC1. The molecule has 39 heavy (non-hydrogen) atoms. The third-order valence-electron chi connectivity index (χ3n) is 7.05. The molecule has 1 fully saturated rings. The van der Waals surface area contributed by atoms with Crippen molar-refractivity contribution >= 4 is 40.2 Å².